The van der Waals surface area contributed by atoms with Gasteiger partial charge in [0.25, 0.3) is 0 Å². The van der Waals surface area contributed by atoms with Crippen LogP contribution in [0.2, 0.25) is 0 Å². The number of aliphatic hydroxyl groups is 1. The third-order valence-electron chi connectivity index (χ3n) is 3.24. The maximum absolute atomic E-state index is 9.08. The molecule has 0 amide bonds. The highest BCUT2D eigenvalue weighted by Gasteiger charge is 2.37. The summed E-state index contributed by atoms with van der Waals surface area (Å²) in [4.78, 5) is 0. The molecular formula is C11H22O3. The lowest BCUT2D eigenvalue weighted by molar-refractivity contribution is -0.0672. The van der Waals surface area contributed by atoms with E-state index in [0.29, 0.717) is 5.92 Å². The molecule has 0 radical (unpaired) electrons. The fourth-order valence-electron chi connectivity index (χ4n) is 2.14. The van der Waals surface area contributed by atoms with Crippen LogP contribution in [0.1, 0.15) is 27.2 Å². The number of aliphatic hydroxyl groups excluding tert-OH is 1. The van der Waals surface area contributed by atoms with Crippen LogP contribution in [0.25, 0.3) is 0 Å². The molecule has 3 heteroatoms. The van der Waals surface area contributed by atoms with Crippen molar-refractivity contribution >= 4 is 0 Å². The zero-order valence-electron chi connectivity index (χ0n) is 9.56. The van der Waals surface area contributed by atoms with E-state index in [1.807, 2.05) is 13.8 Å². The van der Waals surface area contributed by atoms with Gasteiger partial charge in [0, 0.05) is 19.6 Å². The second-order valence-corrected chi connectivity index (χ2v) is 4.45. The van der Waals surface area contributed by atoms with Crippen molar-refractivity contribution in [1.82, 2.24) is 0 Å². The average molecular weight is 202 g/mol. The first-order chi connectivity index (χ1) is 6.60. The van der Waals surface area contributed by atoms with E-state index in [9.17, 15) is 0 Å². The van der Waals surface area contributed by atoms with Crippen LogP contribution in [0.5, 0.6) is 0 Å². The minimum absolute atomic E-state index is 0.147. The van der Waals surface area contributed by atoms with Crippen molar-refractivity contribution < 1.29 is 14.6 Å². The van der Waals surface area contributed by atoms with Crippen molar-refractivity contribution in [2.75, 3.05) is 13.7 Å². The van der Waals surface area contributed by atoms with Crippen molar-refractivity contribution in [3.63, 3.8) is 0 Å². The van der Waals surface area contributed by atoms with Crippen LogP contribution in [0.15, 0.2) is 0 Å². The van der Waals surface area contributed by atoms with Crippen LogP contribution < -0.4 is 0 Å². The maximum atomic E-state index is 9.08. The summed E-state index contributed by atoms with van der Waals surface area (Å²) in [6, 6.07) is 0. The molecule has 1 N–H and O–H groups in total. The Morgan fingerprint density at radius 3 is 2.64 bits per heavy atom. The molecule has 1 rings (SSSR count). The molecule has 0 aromatic carbocycles. The molecule has 1 aliphatic rings. The Hall–Kier alpha value is -0.120. The van der Waals surface area contributed by atoms with E-state index in [-0.39, 0.29) is 30.8 Å². The number of ether oxygens (including phenoxy) is 2. The van der Waals surface area contributed by atoms with E-state index in [1.54, 1.807) is 7.11 Å². The molecule has 1 fully saturated rings. The lowest BCUT2D eigenvalue weighted by Gasteiger charge is -2.22. The van der Waals surface area contributed by atoms with Crippen molar-refractivity contribution in [3.8, 4) is 0 Å². The molecule has 0 aromatic rings. The van der Waals surface area contributed by atoms with E-state index in [2.05, 4.69) is 6.92 Å². The van der Waals surface area contributed by atoms with Gasteiger partial charge in [-0.1, -0.05) is 13.8 Å². The Kier molecular flexibility index (Phi) is 4.35. The van der Waals surface area contributed by atoms with Gasteiger partial charge in [0.2, 0.25) is 0 Å². The summed E-state index contributed by atoms with van der Waals surface area (Å²) in [7, 11) is 1.71. The fourth-order valence-corrected chi connectivity index (χ4v) is 2.14. The molecule has 0 aromatic heterocycles. The number of methoxy groups -OCH3 is 1. The van der Waals surface area contributed by atoms with E-state index in [4.69, 9.17) is 14.6 Å². The van der Waals surface area contributed by atoms with Gasteiger partial charge in [-0.2, -0.15) is 0 Å². The Morgan fingerprint density at radius 2 is 2.14 bits per heavy atom. The lowest BCUT2D eigenvalue weighted by Crippen LogP contribution is -2.29. The van der Waals surface area contributed by atoms with E-state index in [1.165, 1.54) is 0 Å². The molecule has 0 spiro atoms. The summed E-state index contributed by atoms with van der Waals surface area (Å²) in [5, 5.41) is 9.08. The van der Waals surface area contributed by atoms with Gasteiger partial charge in [-0.3, -0.25) is 0 Å². The minimum Gasteiger partial charge on any atom is -0.396 e. The van der Waals surface area contributed by atoms with Crippen molar-refractivity contribution in [3.05, 3.63) is 0 Å². The van der Waals surface area contributed by atoms with E-state index < -0.39 is 0 Å². The largest absolute Gasteiger partial charge is 0.396 e. The van der Waals surface area contributed by atoms with Gasteiger partial charge in [-0.15, -0.1) is 0 Å². The second-order valence-electron chi connectivity index (χ2n) is 4.45. The highest BCUT2D eigenvalue weighted by atomic mass is 16.5. The van der Waals surface area contributed by atoms with Crippen LogP contribution >= 0.6 is 0 Å². The predicted molar refractivity (Wildman–Crippen MR) is 55.2 cm³/mol. The molecule has 5 atom stereocenters. The van der Waals surface area contributed by atoms with Crippen LogP contribution in [0, 0.1) is 11.8 Å². The van der Waals surface area contributed by atoms with Crippen molar-refractivity contribution in [2.45, 2.75) is 45.5 Å². The molecule has 84 valence electrons. The summed E-state index contributed by atoms with van der Waals surface area (Å²) >= 11 is 0. The van der Waals surface area contributed by atoms with Gasteiger partial charge in [-0.05, 0) is 19.3 Å². The van der Waals surface area contributed by atoms with Gasteiger partial charge in [0.1, 0.15) is 0 Å². The van der Waals surface area contributed by atoms with Crippen LogP contribution in [-0.4, -0.2) is 37.1 Å². The molecule has 0 bridgehead atoms. The summed E-state index contributed by atoms with van der Waals surface area (Å²) in [6.07, 6.45) is 1.55. The summed E-state index contributed by atoms with van der Waals surface area (Å²) in [5.41, 5.74) is 0. The van der Waals surface area contributed by atoms with Gasteiger partial charge in [-0.25, -0.2) is 0 Å². The Morgan fingerprint density at radius 1 is 1.50 bits per heavy atom. The zero-order valence-corrected chi connectivity index (χ0v) is 9.56. The number of hydrogen-bond donors (Lipinski definition) is 1. The van der Waals surface area contributed by atoms with Crippen LogP contribution in [0.3, 0.4) is 0 Å². The third-order valence-corrected chi connectivity index (χ3v) is 3.24. The van der Waals surface area contributed by atoms with Gasteiger partial charge in [0.15, 0.2) is 0 Å². The van der Waals surface area contributed by atoms with Gasteiger partial charge < -0.3 is 14.6 Å². The molecular weight excluding hydrogens is 180 g/mol. The topological polar surface area (TPSA) is 38.7 Å². The number of hydrogen-bond acceptors (Lipinski definition) is 3. The molecule has 0 aliphatic carbocycles. The first kappa shape index (κ1) is 12.0. The summed E-state index contributed by atoms with van der Waals surface area (Å²) in [5.74, 6) is 0.735. The Labute approximate surface area is 86.4 Å². The molecule has 1 saturated heterocycles. The zero-order chi connectivity index (χ0) is 10.7. The smallest absolute Gasteiger partial charge is 0.0841 e. The monoisotopic (exact) mass is 202 g/mol. The molecule has 0 saturated carbocycles. The predicted octanol–water partition coefficient (Wildman–Crippen LogP) is 1.44. The SMILES string of the molecule is CO[C@@H](C)[C@H]1C[C@H](C)[C@@H]([C@@H](C)CO)O1. The molecule has 3 nitrogen and oxygen atoms in total. The third kappa shape index (κ3) is 2.47. The molecule has 14 heavy (non-hydrogen) atoms. The molecule has 0 unspecified atom stereocenters. The van der Waals surface area contributed by atoms with E-state index in [0.717, 1.165) is 6.42 Å². The quantitative estimate of drug-likeness (QED) is 0.749. The normalized spacial score (nSPS) is 37.1. The van der Waals surface area contributed by atoms with Gasteiger partial charge in [0.05, 0.1) is 18.3 Å². The van der Waals surface area contributed by atoms with Crippen LogP contribution in [-0.2, 0) is 9.47 Å². The highest BCUT2D eigenvalue weighted by molar-refractivity contribution is 4.85. The Bertz CT molecular complexity index is 172. The first-order valence-electron chi connectivity index (χ1n) is 5.39. The lowest BCUT2D eigenvalue weighted by atomic mass is 9.92. The average Bonchev–Trinajstić information content (AvgIpc) is 2.58. The summed E-state index contributed by atoms with van der Waals surface area (Å²) in [6.45, 7) is 6.44. The van der Waals surface area contributed by atoms with E-state index >= 15 is 0 Å². The number of rotatable bonds is 4. The minimum atomic E-state index is 0.147. The standard InChI is InChI=1S/C11H22O3/c1-7-5-10(9(3)13-4)14-11(7)8(2)6-12/h7-12H,5-6H2,1-4H3/t7-,8-,9-,10+,11-/m0/s1. The van der Waals surface area contributed by atoms with Crippen molar-refractivity contribution in [1.29, 1.82) is 0 Å². The van der Waals surface area contributed by atoms with Crippen LogP contribution in [0.4, 0.5) is 0 Å². The molecule has 1 heterocycles. The highest BCUT2D eigenvalue weighted by Crippen LogP contribution is 2.32. The Balaban J connectivity index is 2.51. The fraction of sp³-hybridized carbons (Fsp3) is 1.00. The first-order valence-corrected chi connectivity index (χ1v) is 5.39. The summed E-state index contributed by atoms with van der Waals surface area (Å²) < 4.78 is 11.2. The van der Waals surface area contributed by atoms with Crippen molar-refractivity contribution in [2.24, 2.45) is 11.8 Å². The second kappa shape index (κ2) is 5.10. The molecule has 1 aliphatic heterocycles. The maximum Gasteiger partial charge on any atom is 0.0841 e. The van der Waals surface area contributed by atoms with Gasteiger partial charge >= 0.3 is 0 Å².